The van der Waals surface area contributed by atoms with E-state index in [-0.39, 0.29) is 36.2 Å². The van der Waals surface area contributed by atoms with Crippen LogP contribution in [0.3, 0.4) is 0 Å². The Bertz CT molecular complexity index is 2590. The summed E-state index contributed by atoms with van der Waals surface area (Å²) in [7, 11) is 1.50. The molecule has 1 aromatic heterocycles. The van der Waals surface area contributed by atoms with E-state index in [1.165, 1.54) is 31.9 Å². The molecular weight excluding hydrogens is 781 g/mol. The monoisotopic (exact) mass is 820 g/mol. The number of hydrogen-bond acceptors (Lipinski definition) is 15. The third kappa shape index (κ3) is 5.93. The van der Waals surface area contributed by atoms with E-state index in [0.717, 1.165) is 11.1 Å². The number of ether oxygens (including phenoxy) is 5. The first-order valence-electron chi connectivity index (χ1n) is 19.2. The van der Waals surface area contributed by atoms with Gasteiger partial charge in [-0.2, -0.15) is 5.26 Å². The van der Waals surface area contributed by atoms with Crippen LogP contribution in [0.5, 0.6) is 28.7 Å². The zero-order valence-corrected chi connectivity index (χ0v) is 33.4. The number of aryl methyl sites for hydroxylation is 1. The fourth-order valence-corrected chi connectivity index (χ4v) is 11.3. The third-order valence-electron chi connectivity index (χ3n) is 12.0. The van der Waals surface area contributed by atoms with Gasteiger partial charge in [-0.3, -0.25) is 19.4 Å². The molecule has 0 saturated carbocycles. The number of esters is 2. The number of para-hydroxylation sites is 1. The molecule has 2 fully saturated rings. The number of carbonyl (C=O) groups excluding carboxylic acids is 3. The van der Waals surface area contributed by atoms with Gasteiger partial charge in [-0.1, -0.05) is 30.3 Å². The molecule has 6 aliphatic rings. The summed E-state index contributed by atoms with van der Waals surface area (Å²) in [6, 6.07) is 8.22. The summed E-state index contributed by atoms with van der Waals surface area (Å²) < 4.78 is 35.5. The highest BCUT2D eigenvalue weighted by Crippen LogP contribution is 2.64. The minimum absolute atomic E-state index is 0.0265. The first-order valence-corrected chi connectivity index (χ1v) is 20.2. The molecule has 15 nitrogen and oxygen atoms in total. The van der Waals surface area contributed by atoms with E-state index in [1.807, 2.05) is 13.0 Å². The summed E-state index contributed by atoms with van der Waals surface area (Å²) in [6.07, 6.45) is 2.18. The molecule has 10 rings (SSSR count). The van der Waals surface area contributed by atoms with E-state index in [4.69, 9.17) is 28.1 Å². The summed E-state index contributed by atoms with van der Waals surface area (Å²) >= 11 is 1.29. The van der Waals surface area contributed by atoms with Crippen molar-refractivity contribution in [2.75, 3.05) is 32.8 Å². The minimum Gasteiger partial charge on any atom is -0.504 e. The molecule has 0 radical (unpaired) electrons. The van der Waals surface area contributed by atoms with Crippen molar-refractivity contribution >= 4 is 40.6 Å². The number of piperazine rings is 1. The van der Waals surface area contributed by atoms with Crippen molar-refractivity contribution in [1.82, 2.24) is 15.1 Å². The van der Waals surface area contributed by atoms with Crippen LogP contribution in [0.4, 0.5) is 0 Å². The van der Waals surface area contributed by atoms with Gasteiger partial charge in [0.25, 0.3) is 5.91 Å². The number of nitrogens with one attached hydrogen (secondary N) is 1. The second-order valence-corrected chi connectivity index (χ2v) is 16.4. The maximum Gasteiger partial charge on any atom is 0.349 e. The van der Waals surface area contributed by atoms with Crippen molar-refractivity contribution in [1.29, 1.82) is 5.26 Å². The maximum atomic E-state index is 14.1. The van der Waals surface area contributed by atoms with Crippen LogP contribution in [0.15, 0.2) is 58.3 Å². The number of amides is 1. The Morgan fingerprint density at radius 3 is 2.63 bits per heavy atom. The molecule has 7 heterocycles. The molecule has 7 atom stereocenters. The van der Waals surface area contributed by atoms with Crippen molar-refractivity contribution in [2.45, 2.75) is 68.7 Å². The average molecular weight is 821 g/mol. The summed E-state index contributed by atoms with van der Waals surface area (Å²) in [5, 5.41) is 25.8. The van der Waals surface area contributed by atoms with Gasteiger partial charge in [-0.25, -0.2) is 9.59 Å². The van der Waals surface area contributed by atoms with Crippen molar-refractivity contribution in [3.8, 4) is 34.8 Å². The van der Waals surface area contributed by atoms with Crippen LogP contribution >= 0.6 is 11.8 Å². The zero-order chi connectivity index (χ0) is 41.4. The number of nitriles is 1. The van der Waals surface area contributed by atoms with E-state index in [1.54, 1.807) is 37.3 Å². The molecule has 0 spiro atoms. The highest BCUT2D eigenvalue weighted by atomic mass is 32.2. The van der Waals surface area contributed by atoms with Gasteiger partial charge in [0.05, 0.1) is 30.5 Å². The van der Waals surface area contributed by atoms with Gasteiger partial charge >= 0.3 is 17.6 Å². The Balaban J connectivity index is 1.25. The van der Waals surface area contributed by atoms with Crippen molar-refractivity contribution < 1.29 is 47.6 Å². The molecule has 304 valence electrons. The Kier molecular flexibility index (Phi) is 9.57. The van der Waals surface area contributed by atoms with Gasteiger partial charge in [-0.05, 0) is 43.5 Å². The molecule has 3 aromatic carbocycles. The highest BCUT2D eigenvalue weighted by molar-refractivity contribution is 7.99. The van der Waals surface area contributed by atoms with Crippen LogP contribution in [0.1, 0.15) is 68.0 Å². The topological polar surface area (TPSA) is 190 Å². The Morgan fingerprint density at radius 2 is 1.88 bits per heavy atom. The molecule has 0 aliphatic carbocycles. The first kappa shape index (κ1) is 38.5. The summed E-state index contributed by atoms with van der Waals surface area (Å²) in [5.41, 5.74) is 3.03. The average Bonchev–Trinajstić information content (AvgIpc) is 3.70. The second-order valence-electron chi connectivity index (χ2n) is 15.2. The van der Waals surface area contributed by atoms with Crippen LogP contribution in [0, 0.1) is 25.2 Å². The van der Waals surface area contributed by atoms with Crippen LogP contribution in [0.2, 0.25) is 0 Å². The number of methoxy groups -OCH3 is 1. The minimum atomic E-state index is -1.26. The number of phenolic OH excluding ortho intramolecular Hbond substituents is 1. The summed E-state index contributed by atoms with van der Waals surface area (Å²) in [4.78, 5) is 58.1. The lowest BCUT2D eigenvalue weighted by molar-refractivity contribution is -0.151. The molecule has 1 unspecified atom stereocenters. The molecule has 4 bridgehead atoms. The number of carbonyl (C=O) groups is 3. The lowest BCUT2D eigenvalue weighted by Crippen LogP contribution is -2.70. The van der Waals surface area contributed by atoms with E-state index in [9.17, 15) is 29.5 Å². The zero-order valence-electron chi connectivity index (χ0n) is 32.6. The molecule has 2 saturated heterocycles. The number of fused-ring (bicyclic) bond motifs is 11. The van der Waals surface area contributed by atoms with Crippen molar-refractivity contribution in [3.05, 3.63) is 98.4 Å². The number of rotatable bonds is 6. The molecule has 2 N–H and O–H groups in total. The van der Waals surface area contributed by atoms with Crippen molar-refractivity contribution in [3.63, 3.8) is 0 Å². The van der Waals surface area contributed by atoms with Gasteiger partial charge < -0.3 is 38.5 Å². The summed E-state index contributed by atoms with van der Waals surface area (Å²) in [6.45, 7) is 8.93. The number of benzene rings is 3. The predicted molar refractivity (Wildman–Crippen MR) is 213 cm³/mol. The van der Waals surface area contributed by atoms with E-state index in [0.29, 0.717) is 63.4 Å². The quantitative estimate of drug-likeness (QED) is 0.118. The van der Waals surface area contributed by atoms with Crippen LogP contribution in [-0.2, 0) is 20.7 Å². The Labute approximate surface area is 342 Å². The smallest absolute Gasteiger partial charge is 0.349 e. The Morgan fingerprint density at radius 1 is 1.10 bits per heavy atom. The van der Waals surface area contributed by atoms with Crippen molar-refractivity contribution in [2.24, 2.45) is 0 Å². The lowest BCUT2D eigenvalue weighted by Gasteiger charge is -2.62. The van der Waals surface area contributed by atoms with Crippen LogP contribution in [-0.4, -0.2) is 89.7 Å². The molecular formula is C43H40N4O11S. The van der Waals surface area contributed by atoms with Gasteiger partial charge in [0.1, 0.15) is 35.6 Å². The molecule has 6 aliphatic heterocycles. The van der Waals surface area contributed by atoms with Gasteiger partial charge in [0, 0.05) is 58.9 Å². The fourth-order valence-electron chi connectivity index (χ4n) is 9.77. The SMILES string of the molecule is C=CCN1[C@@H]2c3c(cc(C)c(OC)c3O)C[C@H]1[C@H](C#N)N1C2[C@@H]2SC[C@H](NC(=O)c3cc4ccccc4oc3=O)C(=O)OC[C@H]1c1c3c(c(C)c(OC(C)=O)c12)OCO3. The van der Waals surface area contributed by atoms with E-state index >= 15 is 0 Å². The number of aromatic hydroxyl groups is 1. The van der Waals surface area contributed by atoms with E-state index < -0.39 is 65.0 Å². The fraction of sp³-hybridized carbons (Fsp3) is 0.372. The predicted octanol–water partition coefficient (Wildman–Crippen LogP) is 4.69. The molecule has 4 aromatic rings. The van der Waals surface area contributed by atoms with Gasteiger partial charge in [0.15, 0.2) is 23.0 Å². The molecule has 1 amide bonds. The van der Waals surface area contributed by atoms with Crippen LogP contribution < -0.4 is 29.9 Å². The van der Waals surface area contributed by atoms with Gasteiger partial charge in [-0.15, -0.1) is 18.3 Å². The normalized spacial score (nSPS) is 25.5. The molecule has 16 heteroatoms. The largest absolute Gasteiger partial charge is 0.504 e. The third-order valence-corrected chi connectivity index (χ3v) is 13.4. The maximum absolute atomic E-state index is 14.1. The second kappa shape index (κ2) is 14.7. The standard InChI is InChI=1S/C43H40N4O11S/c1-6-11-46-26-14-23-12-19(2)36(53-5)35(49)30(23)33(46)34-40-32-31(39-38(55-18-56-39)20(3)37(32)57-21(4)48)28(47(34)27(26)15-44)16-54-43(52)25(17-59-40)45-41(50)24-13-22-9-7-8-10-29(22)58-42(24)51/h6-10,12-13,25-28,33-34,40,49H,1,11,14,16-18H2,2-5H3,(H,45,50)/t25-,26-,27-,28-,33+,34?,40+/m0/s1. The van der Waals surface area contributed by atoms with Gasteiger partial charge in [0.2, 0.25) is 6.79 Å². The number of phenols is 1. The lowest BCUT2D eigenvalue weighted by atomic mass is 9.71. The van der Waals surface area contributed by atoms with Crippen LogP contribution in [0.25, 0.3) is 11.0 Å². The Hall–Kier alpha value is -6.02. The number of hydrogen-bond donors (Lipinski definition) is 2. The molecule has 59 heavy (non-hydrogen) atoms. The highest BCUT2D eigenvalue weighted by Gasteiger charge is 2.61. The summed E-state index contributed by atoms with van der Waals surface area (Å²) in [5.74, 6) is -0.948. The van der Waals surface area contributed by atoms with E-state index in [2.05, 4.69) is 27.8 Å². The number of nitrogens with zero attached hydrogens (tertiary/aromatic N) is 3. The number of thioether (sulfide) groups is 1. The first-order chi connectivity index (χ1) is 28.5.